The Bertz CT molecular complexity index is 777. The summed E-state index contributed by atoms with van der Waals surface area (Å²) >= 11 is 6.13. The van der Waals surface area contributed by atoms with Gasteiger partial charge in [-0.15, -0.1) is 0 Å². The largest absolute Gasteiger partial charge is 0.497 e. The molecule has 26 heavy (non-hydrogen) atoms. The van der Waals surface area contributed by atoms with E-state index >= 15 is 0 Å². The summed E-state index contributed by atoms with van der Waals surface area (Å²) in [5, 5.41) is 7.46. The van der Waals surface area contributed by atoms with Crippen molar-refractivity contribution in [3.8, 4) is 11.5 Å². The van der Waals surface area contributed by atoms with Crippen LogP contribution in [0.2, 0.25) is 5.02 Å². The maximum atomic E-state index is 12.1. The Morgan fingerprint density at radius 1 is 1.31 bits per heavy atom. The highest BCUT2D eigenvalue weighted by Gasteiger charge is 2.08. The summed E-state index contributed by atoms with van der Waals surface area (Å²) in [6.07, 6.45) is 4.07. The van der Waals surface area contributed by atoms with Crippen LogP contribution < -0.4 is 20.3 Å². The highest BCUT2D eigenvalue weighted by Crippen LogP contribution is 2.24. The molecule has 0 aliphatic rings. The van der Waals surface area contributed by atoms with Gasteiger partial charge in [0.25, 0.3) is 5.56 Å². The van der Waals surface area contributed by atoms with E-state index in [1.165, 1.54) is 4.68 Å². The molecule has 1 aromatic heterocycles. The van der Waals surface area contributed by atoms with Crippen molar-refractivity contribution in [3.05, 3.63) is 45.3 Å². The molecule has 0 saturated carbocycles. The topological polar surface area (TPSA) is 65.4 Å². The third-order valence-corrected chi connectivity index (χ3v) is 4.33. The second kappa shape index (κ2) is 10.1. The summed E-state index contributed by atoms with van der Waals surface area (Å²) in [6.45, 7) is 5.83. The van der Waals surface area contributed by atoms with Gasteiger partial charge in [0.05, 0.1) is 25.6 Å². The predicted octanol–water partition coefficient (Wildman–Crippen LogP) is 3.76. The maximum Gasteiger partial charge on any atom is 0.287 e. The Morgan fingerprint density at radius 2 is 2.12 bits per heavy atom. The van der Waals surface area contributed by atoms with Crippen molar-refractivity contribution in [1.82, 2.24) is 9.78 Å². The van der Waals surface area contributed by atoms with Crippen LogP contribution in [0.15, 0.2) is 29.2 Å². The molecule has 0 radical (unpaired) electrons. The first-order valence-electron chi connectivity index (χ1n) is 8.89. The lowest BCUT2D eigenvalue weighted by atomic mass is 10.1. The molecule has 0 fully saturated rings. The number of nitrogens with one attached hydrogen (secondary N) is 1. The molecule has 0 spiro atoms. The zero-order valence-electron chi connectivity index (χ0n) is 15.5. The minimum atomic E-state index is -0.263. The monoisotopic (exact) mass is 379 g/mol. The summed E-state index contributed by atoms with van der Waals surface area (Å²) in [5.41, 5.74) is 1.41. The number of aryl methyl sites for hydroxylation is 2. The van der Waals surface area contributed by atoms with E-state index in [-0.39, 0.29) is 10.6 Å². The van der Waals surface area contributed by atoms with Crippen molar-refractivity contribution in [2.24, 2.45) is 0 Å². The van der Waals surface area contributed by atoms with Crippen LogP contribution in [0.3, 0.4) is 0 Å². The van der Waals surface area contributed by atoms with Crippen molar-refractivity contribution < 1.29 is 9.47 Å². The van der Waals surface area contributed by atoms with E-state index in [1.807, 2.05) is 25.1 Å². The molecule has 2 rings (SSSR count). The molecular weight excluding hydrogens is 354 g/mol. The molecule has 6 nitrogen and oxygen atoms in total. The molecule has 2 aromatic rings. The number of aromatic nitrogens is 2. The van der Waals surface area contributed by atoms with Crippen molar-refractivity contribution >= 4 is 17.3 Å². The van der Waals surface area contributed by atoms with E-state index in [2.05, 4.69) is 17.3 Å². The Labute approximate surface area is 159 Å². The van der Waals surface area contributed by atoms with Gasteiger partial charge in [-0.3, -0.25) is 4.79 Å². The molecule has 0 bridgehead atoms. The molecule has 142 valence electrons. The fourth-order valence-corrected chi connectivity index (χ4v) is 2.75. The second-order valence-electron chi connectivity index (χ2n) is 5.86. The van der Waals surface area contributed by atoms with Crippen molar-refractivity contribution in [3.63, 3.8) is 0 Å². The van der Waals surface area contributed by atoms with E-state index < -0.39 is 0 Å². The van der Waals surface area contributed by atoms with E-state index in [0.717, 1.165) is 36.3 Å². The van der Waals surface area contributed by atoms with Crippen molar-refractivity contribution in [2.75, 3.05) is 25.6 Å². The van der Waals surface area contributed by atoms with E-state index in [4.69, 9.17) is 21.1 Å². The van der Waals surface area contributed by atoms with Crippen LogP contribution in [-0.2, 0) is 13.0 Å². The van der Waals surface area contributed by atoms with Crippen LogP contribution in [0.5, 0.6) is 11.5 Å². The first kappa shape index (κ1) is 20.1. The van der Waals surface area contributed by atoms with Gasteiger partial charge in [-0.2, -0.15) is 5.10 Å². The number of halogens is 1. The minimum Gasteiger partial charge on any atom is -0.497 e. The van der Waals surface area contributed by atoms with Crippen molar-refractivity contribution in [1.29, 1.82) is 0 Å². The number of benzene rings is 1. The number of methoxy groups -OCH3 is 1. The summed E-state index contributed by atoms with van der Waals surface area (Å²) < 4.78 is 12.5. The number of anilines is 1. The third kappa shape index (κ3) is 5.14. The van der Waals surface area contributed by atoms with Gasteiger partial charge in [-0.25, -0.2) is 4.68 Å². The summed E-state index contributed by atoms with van der Waals surface area (Å²) in [4.78, 5) is 12.1. The highest BCUT2D eigenvalue weighted by atomic mass is 35.5. The summed E-state index contributed by atoms with van der Waals surface area (Å²) in [7, 11) is 1.65. The second-order valence-corrected chi connectivity index (χ2v) is 6.23. The standard InChI is InChI=1S/C19H26ClN3O3/c1-4-10-23-19(24)18(20)16(13-22-23)21-9-6-11-26-17-8-7-15(25-3)12-14(17)5-2/h7-8,12-13,21H,4-6,9-11H2,1-3H3. The quantitative estimate of drug-likeness (QED) is 0.637. The third-order valence-electron chi connectivity index (χ3n) is 3.96. The molecule has 0 atom stereocenters. The van der Waals surface area contributed by atoms with Gasteiger partial charge < -0.3 is 14.8 Å². The SMILES string of the molecule is CCCn1ncc(NCCCOc2ccc(OC)cc2CC)c(Cl)c1=O. The molecule has 1 heterocycles. The van der Waals surface area contributed by atoms with Crippen LogP contribution >= 0.6 is 11.6 Å². The van der Waals surface area contributed by atoms with Crippen LogP contribution in [0, 0.1) is 0 Å². The number of ether oxygens (including phenoxy) is 2. The molecule has 0 aliphatic heterocycles. The average molecular weight is 380 g/mol. The number of hydrogen-bond donors (Lipinski definition) is 1. The van der Waals surface area contributed by atoms with Gasteiger partial charge in [0.1, 0.15) is 16.5 Å². The lowest BCUT2D eigenvalue weighted by Gasteiger charge is -2.13. The Morgan fingerprint density at radius 3 is 2.81 bits per heavy atom. The Hall–Kier alpha value is -2.21. The van der Waals surface area contributed by atoms with Gasteiger partial charge in [0.2, 0.25) is 0 Å². The van der Waals surface area contributed by atoms with Crippen LogP contribution in [0.25, 0.3) is 0 Å². The molecule has 0 saturated heterocycles. The van der Waals surface area contributed by atoms with Gasteiger partial charge in [-0.05, 0) is 43.0 Å². The lowest BCUT2D eigenvalue weighted by molar-refractivity contribution is 0.311. The fourth-order valence-electron chi connectivity index (χ4n) is 2.54. The van der Waals surface area contributed by atoms with Crippen LogP contribution in [0.1, 0.15) is 32.3 Å². The Balaban J connectivity index is 1.84. The van der Waals surface area contributed by atoms with E-state index in [0.29, 0.717) is 25.4 Å². The van der Waals surface area contributed by atoms with Crippen LogP contribution in [0.4, 0.5) is 5.69 Å². The van der Waals surface area contributed by atoms with Gasteiger partial charge in [0.15, 0.2) is 0 Å². The first-order chi connectivity index (χ1) is 12.6. The predicted molar refractivity (Wildman–Crippen MR) is 105 cm³/mol. The first-order valence-corrected chi connectivity index (χ1v) is 9.27. The maximum absolute atomic E-state index is 12.1. The molecule has 1 aromatic carbocycles. The lowest BCUT2D eigenvalue weighted by Crippen LogP contribution is -2.24. The van der Waals surface area contributed by atoms with Gasteiger partial charge in [0, 0.05) is 13.1 Å². The Kier molecular flexibility index (Phi) is 7.78. The summed E-state index contributed by atoms with van der Waals surface area (Å²) in [5.74, 6) is 1.70. The zero-order chi connectivity index (χ0) is 18.9. The summed E-state index contributed by atoms with van der Waals surface area (Å²) in [6, 6.07) is 5.81. The number of rotatable bonds is 10. The van der Waals surface area contributed by atoms with E-state index in [1.54, 1.807) is 13.3 Å². The number of nitrogens with zero attached hydrogens (tertiary/aromatic N) is 2. The molecule has 1 N–H and O–H groups in total. The molecule has 0 amide bonds. The zero-order valence-corrected chi connectivity index (χ0v) is 16.3. The molecule has 0 aliphatic carbocycles. The van der Waals surface area contributed by atoms with E-state index in [9.17, 15) is 4.79 Å². The van der Waals surface area contributed by atoms with Gasteiger partial charge >= 0.3 is 0 Å². The van der Waals surface area contributed by atoms with Crippen molar-refractivity contribution in [2.45, 2.75) is 39.7 Å². The van der Waals surface area contributed by atoms with Gasteiger partial charge in [-0.1, -0.05) is 25.4 Å². The fraction of sp³-hybridized carbons (Fsp3) is 0.474. The molecule has 7 heteroatoms. The number of hydrogen-bond acceptors (Lipinski definition) is 5. The molecular formula is C19H26ClN3O3. The van der Waals surface area contributed by atoms with Crippen LogP contribution in [-0.4, -0.2) is 30.0 Å². The normalized spacial score (nSPS) is 10.6. The average Bonchev–Trinajstić information content (AvgIpc) is 2.67. The molecule has 0 unspecified atom stereocenters. The smallest absolute Gasteiger partial charge is 0.287 e. The minimum absolute atomic E-state index is 0.179. The highest BCUT2D eigenvalue weighted by molar-refractivity contribution is 6.32.